The fourth-order valence-electron chi connectivity index (χ4n) is 1.76. The first-order valence-electron chi connectivity index (χ1n) is 6.60. The van der Waals surface area contributed by atoms with Crippen LogP contribution in [0.4, 0.5) is 0 Å². The zero-order chi connectivity index (χ0) is 14.4. The van der Waals surface area contributed by atoms with Crippen LogP contribution >= 0.6 is 0 Å². The molecule has 0 unspecified atom stereocenters. The summed E-state index contributed by atoms with van der Waals surface area (Å²) in [6.07, 6.45) is 4.14. The number of benzene rings is 1. The smallest absolute Gasteiger partial charge is 0.257 e. The number of H-pyrrole nitrogens is 1. The van der Waals surface area contributed by atoms with Crippen LogP contribution in [0.3, 0.4) is 0 Å². The number of amides is 1. The van der Waals surface area contributed by atoms with E-state index in [0.29, 0.717) is 18.7 Å². The molecule has 0 fully saturated rings. The van der Waals surface area contributed by atoms with Gasteiger partial charge >= 0.3 is 0 Å². The van der Waals surface area contributed by atoms with Crippen molar-refractivity contribution in [2.75, 3.05) is 13.2 Å². The first-order chi connectivity index (χ1) is 9.65. The van der Waals surface area contributed by atoms with Crippen molar-refractivity contribution < 1.29 is 9.53 Å². The number of aromatic amines is 1. The van der Waals surface area contributed by atoms with E-state index < -0.39 is 0 Å². The predicted molar refractivity (Wildman–Crippen MR) is 76.7 cm³/mol. The number of aromatic nitrogens is 2. The lowest BCUT2D eigenvalue weighted by molar-refractivity contribution is -0.123. The molecule has 2 aromatic rings. The van der Waals surface area contributed by atoms with Crippen molar-refractivity contribution in [2.24, 2.45) is 0 Å². The number of hydrogen-bond acceptors (Lipinski definition) is 3. The van der Waals surface area contributed by atoms with Gasteiger partial charge in [0.05, 0.1) is 0 Å². The zero-order valence-electron chi connectivity index (χ0n) is 11.8. The van der Waals surface area contributed by atoms with Crippen LogP contribution in [0.25, 0.3) is 0 Å². The van der Waals surface area contributed by atoms with E-state index in [9.17, 15) is 4.79 Å². The Morgan fingerprint density at radius 1 is 1.35 bits per heavy atom. The molecule has 0 spiro atoms. The van der Waals surface area contributed by atoms with Crippen molar-refractivity contribution >= 4 is 5.91 Å². The van der Waals surface area contributed by atoms with Gasteiger partial charge in [-0.15, -0.1) is 0 Å². The molecule has 20 heavy (non-hydrogen) atoms. The third-order valence-electron chi connectivity index (χ3n) is 3.09. The number of aryl methyl sites for hydroxylation is 2. The van der Waals surface area contributed by atoms with Gasteiger partial charge in [0.15, 0.2) is 6.61 Å². The summed E-state index contributed by atoms with van der Waals surface area (Å²) in [4.78, 5) is 18.7. The maximum absolute atomic E-state index is 11.6. The van der Waals surface area contributed by atoms with Crippen molar-refractivity contribution in [1.29, 1.82) is 0 Å². The molecule has 2 N–H and O–H groups in total. The maximum Gasteiger partial charge on any atom is 0.257 e. The van der Waals surface area contributed by atoms with Gasteiger partial charge in [-0.1, -0.05) is 6.07 Å². The molecule has 0 radical (unpaired) electrons. The molecular formula is C15H19N3O2. The number of ether oxygens (including phenoxy) is 1. The van der Waals surface area contributed by atoms with Crippen molar-refractivity contribution in [1.82, 2.24) is 15.3 Å². The fraction of sp³-hybridized carbons (Fsp3) is 0.333. The second kappa shape index (κ2) is 6.75. The number of rotatable bonds is 6. The largest absolute Gasteiger partial charge is 0.484 e. The minimum Gasteiger partial charge on any atom is -0.484 e. The van der Waals surface area contributed by atoms with E-state index in [0.717, 1.165) is 11.4 Å². The van der Waals surface area contributed by atoms with E-state index in [1.165, 1.54) is 5.56 Å². The van der Waals surface area contributed by atoms with Gasteiger partial charge in [-0.25, -0.2) is 4.98 Å². The van der Waals surface area contributed by atoms with Crippen LogP contribution in [0.5, 0.6) is 5.75 Å². The summed E-state index contributed by atoms with van der Waals surface area (Å²) < 4.78 is 5.46. The molecule has 1 heterocycles. The van der Waals surface area contributed by atoms with Gasteiger partial charge in [-0.3, -0.25) is 4.79 Å². The van der Waals surface area contributed by atoms with Crippen LogP contribution < -0.4 is 10.1 Å². The monoisotopic (exact) mass is 273 g/mol. The molecule has 0 saturated carbocycles. The topological polar surface area (TPSA) is 67.0 Å². The number of carbonyl (C=O) groups is 1. The minimum absolute atomic E-state index is 0.0284. The quantitative estimate of drug-likeness (QED) is 0.843. The average molecular weight is 273 g/mol. The van der Waals surface area contributed by atoms with Crippen molar-refractivity contribution in [3.05, 3.63) is 47.5 Å². The van der Waals surface area contributed by atoms with Crippen molar-refractivity contribution in [2.45, 2.75) is 20.3 Å². The van der Waals surface area contributed by atoms with Crippen LogP contribution in [0, 0.1) is 13.8 Å². The van der Waals surface area contributed by atoms with Crippen LogP contribution in [-0.4, -0.2) is 29.0 Å². The first kappa shape index (κ1) is 14.1. The lowest BCUT2D eigenvalue weighted by atomic mass is 10.1. The van der Waals surface area contributed by atoms with E-state index in [-0.39, 0.29) is 12.5 Å². The van der Waals surface area contributed by atoms with Gasteiger partial charge in [-0.05, 0) is 37.1 Å². The van der Waals surface area contributed by atoms with Gasteiger partial charge in [-0.2, -0.15) is 0 Å². The average Bonchev–Trinajstić information content (AvgIpc) is 2.93. The molecule has 0 aliphatic carbocycles. The van der Waals surface area contributed by atoms with E-state index in [1.807, 2.05) is 32.0 Å². The summed E-state index contributed by atoms with van der Waals surface area (Å²) >= 11 is 0. The minimum atomic E-state index is -0.130. The predicted octanol–water partition coefficient (Wildman–Crippen LogP) is 1.76. The van der Waals surface area contributed by atoms with E-state index in [4.69, 9.17) is 4.74 Å². The number of carbonyl (C=O) groups excluding carboxylic acids is 1. The summed E-state index contributed by atoms with van der Waals surface area (Å²) in [5.74, 6) is 1.45. The molecule has 0 atom stereocenters. The SMILES string of the molecule is Cc1ccc(OCC(=O)NCCc2ncc[nH]2)cc1C. The fourth-order valence-corrected chi connectivity index (χ4v) is 1.76. The summed E-state index contributed by atoms with van der Waals surface area (Å²) in [5.41, 5.74) is 2.36. The normalized spacial score (nSPS) is 10.3. The Labute approximate surface area is 118 Å². The Balaban J connectivity index is 1.70. The molecule has 5 nitrogen and oxygen atoms in total. The van der Waals surface area contributed by atoms with Crippen LogP contribution in [0.1, 0.15) is 17.0 Å². The molecule has 0 aliphatic rings. The molecule has 1 aromatic carbocycles. The summed E-state index contributed by atoms with van der Waals surface area (Å²) in [6, 6.07) is 5.80. The third-order valence-corrected chi connectivity index (χ3v) is 3.09. The molecule has 5 heteroatoms. The number of nitrogens with zero attached hydrogens (tertiary/aromatic N) is 1. The highest BCUT2D eigenvalue weighted by atomic mass is 16.5. The van der Waals surface area contributed by atoms with Crippen LogP contribution in [0.15, 0.2) is 30.6 Å². The maximum atomic E-state index is 11.6. The van der Waals surface area contributed by atoms with E-state index in [1.54, 1.807) is 12.4 Å². The molecular weight excluding hydrogens is 254 g/mol. The van der Waals surface area contributed by atoms with Gasteiger partial charge in [0.1, 0.15) is 11.6 Å². The van der Waals surface area contributed by atoms with E-state index >= 15 is 0 Å². The van der Waals surface area contributed by atoms with E-state index in [2.05, 4.69) is 15.3 Å². The Morgan fingerprint density at radius 3 is 2.90 bits per heavy atom. The first-order valence-corrected chi connectivity index (χ1v) is 6.60. The van der Waals surface area contributed by atoms with Crippen molar-refractivity contribution in [3.8, 4) is 5.75 Å². The highest BCUT2D eigenvalue weighted by Gasteiger charge is 2.04. The lowest BCUT2D eigenvalue weighted by Crippen LogP contribution is -2.30. The molecule has 1 aromatic heterocycles. The number of hydrogen-bond donors (Lipinski definition) is 2. The lowest BCUT2D eigenvalue weighted by Gasteiger charge is -2.08. The molecule has 0 bridgehead atoms. The Kier molecular flexibility index (Phi) is 4.76. The van der Waals surface area contributed by atoms with Gasteiger partial charge < -0.3 is 15.0 Å². The van der Waals surface area contributed by atoms with Crippen LogP contribution in [0.2, 0.25) is 0 Å². The Bertz CT molecular complexity index is 565. The standard InChI is InChI=1S/C15H19N3O2/c1-11-3-4-13(9-12(11)2)20-10-15(19)18-6-5-14-16-7-8-17-14/h3-4,7-9H,5-6,10H2,1-2H3,(H,16,17)(H,18,19). The van der Waals surface area contributed by atoms with Gasteiger partial charge in [0.25, 0.3) is 5.91 Å². The highest BCUT2D eigenvalue weighted by Crippen LogP contribution is 2.16. The molecule has 106 valence electrons. The second-order valence-electron chi connectivity index (χ2n) is 4.67. The molecule has 1 amide bonds. The Hall–Kier alpha value is -2.30. The van der Waals surface area contributed by atoms with Crippen molar-refractivity contribution in [3.63, 3.8) is 0 Å². The second-order valence-corrected chi connectivity index (χ2v) is 4.67. The third kappa shape index (κ3) is 4.12. The van der Waals surface area contributed by atoms with Gasteiger partial charge in [0.2, 0.25) is 0 Å². The highest BCUT2D eigenvalue weighted by molar-refractivity contribution is 5.77. The van der Waals surface area contributed by atoms with Crippen LogP contribution in [-0.2, 0) is 11.2 Å². The number of imidazole rings is 1. The zero-order valence-corrected chi connectivity index (χ0v) is 11.8. The molecule has 2 rings (SSSR count). The number of nitrogens with one attached hydrogen (secondary N) is 2. The Morgan fingerprint density at radius 2 is 2.20 bits per heavy atom. The summed E-state index contributed by atoms with van der Waals surface area (Å²) in [5, 5.41) is 2.79. The summed E-state index contributed by atoms with van der Waals surface area (Å²) in [6.45, 7) is 4.63. The molecule has 0 saturated heterocycles. The molecule has 0 aliphatic heterocycles. The van der Waals surface area contributed by atoms with Gasteiger partial charge in [0, 0.05) is 25.4 Å². The summed E-state index contributed by atoms with van der Waals surface area (Å²) in [7, 11) is 0.